The molecule has 0 radical (unpaired) electrons. The van der Waals surface area contributed by atoms with E-state index in [-0.39, 0.29) is 24.4 Å². The first kappa shape index (κ1) is 16.4. The number of rotatable bonds is 3. The van der Waals surface area contributed by atoms with E-state index in [0.29, 0.717) is 12.2 Å². The molecule has 7 heteroatoms. The molecule has 2 fully saturated rings. The predicted molar refractivity (Wildman–Crippen MR) is 95.2 cm³/mol. The number of hydrogen-bond acceptors (Lipinski definition) is 4. The van der Waals surface area contributed by atoms with Crippen molar-refractivity contribution in [3.8, 4) is 0 Å². The number of nitrogens with zero attached hydrogens (tertiary/aromatic N) is 1. The average Bonchev–Trinajstić information content (AvgIpc) is 3.16. The zero-order valence-corrected chi connectivity index (χ0v) is 14.7. The Kier molecular flexibility index (Phi) is 4.19. The van der Waals surface area contributed by atoms with Crippen LogP contribution in [0.5, 0.6) is 0 Å². The lowest BCUT2D eigenvalue weighted by molar-refractivity contribution is -0.134. The van der Waals surface area contributed by atoms with E-state index in [4.69, 9.17) is 0 Å². The number of carbonyl (C=O) groups excluding carboxylic acids is 3. The van der Waals surface area contributed by atoms with Crippen LogP contribution < -0.4 is 10.6 Å². The topological polar surface area (TPSA) is 78.5 Å². The fraction of sp³-hybridized carbons (Fsp3) is 0.500. The van der Waals surface area contributed by atoms with Gasteiger partial charge in [-0.3, -0.25) is 14.5 Å². The van der Waals surface area contributed by atoms with Crippen LogP contribution in [-0.4, -0.2) is 46.3 Å². The van der Waals surface area contributed by atoms with Gasteiger partial charge in [0.15, 0.2) is 0 Å². The van der Waals surface area contributed by atoms with Crippen molar-refractivity contribution in [3.05, 3.63) is 35.4 Å². The van der Waals surface area contributed by atoms with Gasteiger partial charge in [-0.2, -0.15) is 11.8 Å². The summed E-state index contributed by atoms with van der Waals surface area (Å²) in [6.07, 6.45) is 3.56. The molecule has 0 unspecified atom stereocenters. The van der Waals surface area contributed by atoms with Gasteiger partial charge in [0.05, 0.1) is 6.04 Å². The number of aryl methyl sites for hydroxylation is 1. The lowest BCUT2D eigenvalue weighted by Gasteiger charge is -2.27. The van der Waals surface area contributed by atoms with Crippen LogP contribution in [0.25, 0.3) is 0 Å². The first-order valence-corrected chi connectivity index (χ1v) is 9.84. The van der Waals surface area contributed by atoms with Crippen LogP contribution in [0.1, 0.15) is 36.4 Å². The highest BCUT2D eigenvalue weighted by molar-refractivity contribution is 7.99. The van der Waals surface area contributed by atoms with E-state index < -0.39 is 11.6 Å². The van der Waals surface area contributed by atoms with Crippen LogP contribution in [0.15, 0.2) is 24.3 Å². The Balaban J connectivity index is 1.43. The fourth-order valence-corrected chi connectivity index (χ4v) is 5.27. The Bertz CT molecular complexity index is 730. The average molecular weight is 359 g/mol. The van der Waals surface area contributed by atoms with Gasteiger partial charge in [0, 0.05) is 5.75 Å². The second-order valence-corrected chi connectivity index (χ2v) is 8.02. The number of nitrogens with one attached hydrogen (secondary N) is 2. The van der Waals surface area contributed by atoms with Crippen LogP contribution in [0.3, 0.4) is 0 Å². The van der Waals surface area contributed by atoms with Crippen molar-refractivity contribution in [1.82, 2.24) is 15.5 Å². The highest BCUT2D eigenvalue weighted by Crippen LogP contribution is 2.33. The molecule has 2 N–H and O–H groups in total. The summed E-state index contributed by atoms with van der Waals surface area (Å²) in [4.78, 5) is 38.3. The first-order chi connectivity index (χ1) is 12.1. The summed E-state index contributed by atoms with van der Waals surface area (Å²) >= 11 is 1.65. The lowest BCUT2D eigenvalue weighted by atomic mass is 9.88. The largest absolute Gasteiger partial charge is 0.348 e. The van der Waals surface area contributed by atoms with Gasteiger partial charge in [-0.15, -0.1) is 0 Å². The predicted octanol–water partition coefficient (Wildman–Crippen LogP) is 1.61. The summed E-state index contributed by atoms with van der Waals surface area (Å²) in [5.74, 6) is 0.894. The van der Waals surface area contributed by atoms with E-state index >= 15 is 0 Å². The van der Waals surface area contributed by atoms with Gasteiger partial charge in [0.1, 0.15) is 12.1 Å². The van der Waals surface area contributed by atoms with Crippen LogP contribution in [0, 0.1) is 0 Å². The SMILES string of the molecule is O=C(CN1C(=O)N[C@@]2(CCSC2)C1=O)N[C@@H]1CCCc2ccccc21. The molecule has 1 aromatic rings. The Morgan fingerprint density at radius 2 is 2.20 bits per heavy atom. The molecule has 1 aliphatic carbocycles. The van der Waals surface area contributed by atoms with E-state index in [1.165, 1.54) is 5.56 Å². The third kappa shape index (κ3) is 2.90. The summed E-state index contributed by atoms with van der Waals surface area (Å²) in [5, 5.41) is 5.79. The molecule has 1 aromatic carbocycles. The third-order valence-corrected chi connectivity index (χ3v) is 6.46. The molecule has 4 amide bonds. The minimum Gasteiger partial charge on any atom is -0.348 e. The van der Waals surface area contributed by atoms with E-state index in [2.05, 4.69) is 16.7 Å². The van der Waals surface area contributed by atoms with Gasteiger partial charge in [-0.1, -0.05) is 24.3 Å². The Hall–Kier alpha value is -2.02. The summed E-state index contributed by atoms with van der Waals surface area (Å²) < 4.78 is 0. The lowest BCUT2D eigenvalue weighted by Crippen LogP contribution is -2.48. The van der Waals surface area contributed by atoms with Crippen molar-refractivity contribution in [3.63, 3.8) is 0 Å². The van der Waals surface area contributed by atoms with Gasteiger partial charge in [0.2, 0.25) is 5.91 Å². The molecule has 3 aliphatic rings. The molecule has 0 saturated carbocycles. The van der Waals surface area contributed by atoms with Gasteiger partial charge < -0.3 is 10.6 Å². The molecular weight excluding hydrogens is 338 g/mol. The molecule has 2 aliphatic heterocycles. The van der Waals surface area contributed by atoms with Crippen molar-refractivity contribution in [2.45, 2.75) is 37.3 Å². The zero-order valence-electron chi connectivity index (χ0n) is 13.9. The molecule has 6 nitrogen and oxygen atoms in total. The maximum absolute atomic E-state index is 12.6. The minimum absolute atomic E-state index is 0.0470. The van der Waals surface area contributed by atoms with Crippen molar-refractivity contribution < 1.29 is 14.4 Å². The van der Waals surface area contributed by atoms with Gasteiger partial charge >= 0.3 is 6.03 Å². The van der Waals surface area contributed by atoms with Gasteiger partial charge in [0.25, 0.3) is 5.91 Å². The van der Waals surface area contributed by atoms with E-state index in [1.807, 2.05) is 18.2 Å². The van der Waals surface area contributed by atoms with Crippen molar-refractivity contribution in [2.24, 2.45) is 0 Å². The van der Waals surface area contributed by atoms with E-state index in [9.17, 15) is 14.4 Å². The normalized spacial score (nSPS) is 28.2. The van der Waals surface area contributed by atoms with Crippen LogP contribution >= 0.6 is 11.8 Å². The van der Waals surface area contributed by atoms with Crippen molar-refractivity contribution in [1.29, 1.82) is 0 Å². The Morgan fingerprint density at radius 1 is 1.36 bits per heavy atom. The number of urea groups is 1. The standard InChI is InChI=1S/C18H21N3O3S/c22-15(19-14-7-3-5-12-4-1-2-6-13(12)14)10-21-16(23)18(20-17(21)24)8-9-25-11-18/h1-2,4,6,14H,3,5,7-11H2,(H,19,22)(H,20,24)/t14-,18-/m1/s1. The highest BCUT2D eigenvalue weighted by Gasteiger charge is 2.53. The molecule has 25 heavy (non-hydrogen) atoms. The molecule has 1 spiro atoms. The highest BCUT2D eigenvalue weighted by atomic mass is 32.2. The molecule has 4 rings (SSSR count). The second kappa shape index (κ2) is 6.37. The maximum Gasteiger partial charge on any atom is 0.325 e. The van der Waals surface area contributed by atoms with Crippen molar-refractivity contribution in [2.75, 3.05) is 18.1 Å². The van der Waals surface area contributed by atoms with Crippen LogP contribution in [-0.2, 0) is 16.0 Å². The fourth-order valence-electron chi connectivity index (χ4n) is 3.94. The summed E-state index contributed by atoms with van der Waals surface area (Å²) in [7, 11) is 0. The number of thioether (sulfide) groups is 1. The maximum atomic E-state index is 12.6. The Labute approximate surface area is 150 Å². The second-order valence-electron chi connectivity index (χ2n) is 6.92. The molecule has 2 saturated heterocycles. The number of hydrogen-bond donors (Lipinski definition) is 2. The summed E-state index contributed by atoms with van der Waals surface area (Å²) in [5.41, 5.74) is 1.61. The van der Waals surface area contributed by atoms with Gasteiger partial charge in [-0.05, 0) is 42.6 Å². The minimum atomic E-state index is -0.792. The number of amides is 4. The number of imide groups is 1. The van der Waals surface area contributed by atoms with Crippen LogP contribution in [0.2, 0.25) is 0 Å². The quantitative estimate of drug-likeness (QED) is 0.804. The number of benzene rings is 1. The monoisotopic (exact) mass is 359 g/mol. The van der Waals surface area contributed by atoms with Gasteiger partial charge in [-0.25, -0.2) is 4.79 Å². The third-order valence-electron chi connectivity index (χ3n) is 5.27. The smallest absolute Gasteiger partial charge is 0.325 e. The summed E-state index contributed by atoms with van der Waals surface area (Å²) in [6, 6.07) is 7.61. The molecule has 0 bridgehead atoms. The molecule has 132 valence electrons. The Morgan fingerprint density at radius 3 is 3.00 bits per heavy atom. The molecular formula is C18H21N3O3S. The number of carbonyl (C=O) groups is 3. The molecule has 0 aromatic heterocycles. The van der Waals surface area contributed by atoms with Crippen molar-refractivity contribution >= 4 is 29.6 Å². The molecule has 2 atom stereocenters. The summed E-state index contributed by atoms with van der Waals surface area (Å²) in [6.45, 7) is -0.213. The molecule has 2 heterocycles. The number of fused-ring (bicyclic) bond motifs is 1. The van der Waals surface area contributed by atoms with E-state index in [0.717, 1.165) is 35.5 Å². The zero-order chi connectivity index (χ0) is 17.4. The van der Waals surface area contributed by atoms with E-state index in [1.54, 1.807) is 11.8 Å². The van der Waals surface area contributed by atoms with Crippen LogP contribution in [0.4, 0.5) is 4.79 Å². The first-order valence-electron chi connectivity index (χ1n) is 8.68.